The van der Waals surface area contributed by atoms with E-state index in [-0.39, 0.29) is 5.69 Å². The Morgan fingerprint density at radius 3 is 2.62 bits per heavy atom. The van der Waals surface area contributed by atoms with Crippen molar-refractivity contribution in [1.29, 1.82) is 0 Å². The Kier molecular flexibility index (Phi) is 1.66. The van der Waals surface area contributed by atoms with Crippen LogP contribution in [0.3, 0.4) is 0 Å². The van der Waals surface area contributed by atoms with E-state index < -0.39 is 0 Å². The van der Waals surface area contributed by atoms with Gasteiger partial charge in [0.05, 0.1) is 17.2 Å². The second-order valence-corrected chi connectivity index (χ2v) is 3.28. The fourth-order valence-electron chi connectivity index (χ4n) is 1.37. The molecule has 0 spiro atoms. The summed E-state index contributed by atoms with van der Waals surface area (Å²) < 4.78 is 3.08. The van der Waals surface area contributed by atoms with Crippen molar-refractivity contribution in [3.05, 3.63) is 27.9 Å². The summed E-state index contributed by atoms with van der Waals surface area (Å²) in [5, 5.41) is 0.397. The molecule has 0 fully saturated rings. The third kappa shape index (κ3) is 1.06. The van der Waals surface area contributed by atoms with E-state index in [0.29, 0.717) is 5.15 Å². The van der Waals surface area contributed by atoms with E-state index in [1.807, 2.05) is 0 Å². The molecule has 0 saturated carbocycles. The van der Waals surface area contributed by atoms with Crippen LogP contribution in [0.15, 0.2) is 17.1 Å². The normalized spacial score (nSPS) is 11.0. The van der Waals surface area contributed by atoms with Crippen molar-refractivity contribution in [2.45, 2.75) is 0 Å². The molecule has 0 N–H and O–H groups in total. The quantitative estimate of drug-likeness (QED) is 0.590. The lowest BCUT2D eigenvalue weighted by Crippen LogP contribution is -2.19. The van der Waals surface area contributed by atoms with Crippen LogP contribution < -0.4 is 5.69 Å². The SMILES string of the molecule is Cn1c(=O)n(C)c2cc(Cl)ncc21. The van der Waals surface area contributed by atoms with Gasteiger partial charge in [-0.1, -0.05) is 11.6 Å². The molecule has 0 saturated heterocycles. The van der Waals surface area contributed by atoms with Crippen molar-refractivity contribution < 1.29 is 0 Å². The molecule has 68 valence electrons. The Morgan fingerprint density at radius 1 is 1.31 bits per heavy atom. The van der Waals surface area contributed by atoms with Gasteiger partial charge in [0.15, 0.2) is 0 Å². The highest BCUT2D eigenvalue weighted by atomic mass is 35.5. The van der Waals surface area contributed by atoms with Crippen LogP contribution in [0.2, 0.25) is 5.15 Å². The summed E-state index contributed by atoms with van der Waals surface area (Å²) in [5.74, 6) is 0. The molecule has 0 radical (unpaired) electrons. The van der Waals surface area contributed by atoms with Crippen LogP contribution >= 0.6 is 11.6 Å². The van der Waals surface area contributed by atoms with E-state index in [1.54, 1.807) is 35.5 Å². The van der Waals surface area contributed by atoms with Gasteiger partial charge in [0, 0.05) is 20.2 Å². The van der Waals surface area contributed by atoms with Crippen LogP contribution in [0.25, 0.3) is 11.0 Å². The molecule has 0 aliphatic carbocycles. The number of hydrogen-bond acceptors (Lipinski definition) is 2. The lowest BCUT2D eigenvalue weighted by atomic mass is 10.4. The highest BCUT2D eigenvalue weighted by Gasteiger charge is 2.07. The first-order valence-corrected chi connectivity index (χ1v) is 4.16. The average molecular weight is 198 g/mol. The minimum atomic E-state index is -0.0703. The van der Waals surface area contributed by atoms with Crippen molar-refractivity contribution in [2.75, 3.05) is 0 Å². The van der Waals surface area contributed by atoms with Gasteiger partial charge in [-0.3, -0.25) is 9.13 Å². The maximum absolute atomic E-state index is 11.5. The number of pyridine rings is 1. The summed E-state index contributed by atoms with van der Waals surface area (Å²) in [7, 11) is 3.42. The average Bonchev–Trinajstić information content (AvgIpc) is 2.32. The minimum Gasteiger partial charge on any atom is -0.295 e. The molecule has 2 rings (SSSR count). The first kappa shape index (κ1) is 8.31. The summed E-state index contributed by atoms with van der Waals surface area (Å²) in [5.41, 5.74) is 1.52. The van der Waals surface area contributed by atoms with Gasteiger partial charge in [-0.2, -0.15) is 0 Å². The Bertz CT molecular complexity index is 526. The van der Waals surface area contributed by atoms with E-state index in [1.165, 1.54) is 0 Å². The van der Waals surface area contributed by atoms with E-state index in [4.69, 9.17) is 11.6 Å². The molecule has 0 atom stereocenters. The summed E-state index contributed by atoms with van der Waals surface area (Å²) in [6.45, 7) is 0. The van der Waals surface area contributed by atoms with Crippen LogP contribution in [0.5, 0.6) is 0 Å². The largest absolute Gasteiger partial charge is 0.328 e. The molecule has 13 heavy (non-hydrogen) atoms. The molecule has 0 bridgehead atoms. The molecule has 0 unspecified atom stereocenters. The standard InChI is InChI=1S/C8H8ClN3O/c1-11-5-3-7(9)10-4-6(5)12(2)8(11)13/h3-4H,1-2H3. The molecular formula is C8H8ClN3O. The molecule has 2 aromatic heterocycles. The van der Waals surface area contributed by atoms with Gasteiger partial charge in [0.1, 0.15) is 5.15 Å². The zero-order chi connectivity index (χ0) is 9.59. The predicted octanol–water partition coefficient (Wildman–Crippen LogP) is 0.925. The zero-order valence-corrected chi connectivity index (χ0v) is 8.04. The molecule has 4 nitrogen and oxygen atoms in total. The molecule has 0 aliphatic rings. The highest BCUT2D eigenvalue weighted by molar-refractivity contribution is 6.29. The number of aryl methyl sites for hydroxylation is 2. The van der Waals surface area contributed by atoms with Gasteiger partial charge in [-0.05, 0) is 0 Å². The van der Waals surface area contributed by atoms with Crippen LogP contribution in [-0.2, 0) is 14.1 Å². The summed E-state index contributed by atoms with van der Waals surface area (Å²) in [6, 6.07) is 1.68. The van der Waals surface area contributed by atoms with Crippen LogP contribution in [-0.4, -0.2) is 14.1 Å². The Hall–Kier alpha value is -1.29. The Labute approximate surface area is 79.4 Å². The first-order valence-electron chi connectivity index (χ1n) is 3.78. The summed E-state index contributed by atoms with van der Waals surface area (Å²) in [4.78, 5) is 15.4. The van der Waals surface area contributed by atoms with Crippen LogP contribution in [0, 0.1) is 0 Å². The van der Waals surface area contributed by atoms with Gasteiger partial charge in [0.25, 0.3) is 0 Å². The monoisotopic (exact) mass is 197 g/mol. The number of rotatable bonds is 0. The lowest BCUT2D eigenvalue weighted by molar-refractivity contribution is 0.795. The number of nitrogens with zero attached hydrogens (tertiary/aromatic N) is 3. The maximum Gasteiger partial charge on any atom is 0.328 e. The summed E-state index contributed by atoms with van der Waals surface area (Å²) >= 11 is 5.72. The van der Waals surface area contributed by atoms with Crippen molar-refractivity contribution in [3.63, 3.8) is 0 Å². The highest BCUT2D eigenvalue weighted by Crippen LogP contribution is 2.13. The van der Waals surface area contributed by atoms with Gasteiger partial charge < -0.3 is 0 Å². The van der Waals surface area contributed by atoms with Crippen molar-refractivity contribution in [2.24, 2.45) is 14.1 Å². The molecule has 0 aromatic carbocycles. The number of halogens is 1. The molecule has 0 amide bonds. The van der Waals surface area contributed by atoms with Crippen molar-refractivity contribution >= 4 is 22.6 Å². The number of hydrogen-bond donors (Lipinski definition) is 0. The van der Waals surface area contributed by atoms with Crippen LogP contribution in [0.1, 0.15) is 0 Å². The fourth-order valence-corrected chi connectivity index (χ4v) is 1.52. The molecule has 2 aromatic rings. The van der Waals surface area contributed by atoms with Gasteiger partial charge in [0.2, 0.25) is 0 Å². The van der Waals surface area contributed by atoms with E-state index >= 15 is 0 Å². The van der Waals surface area contributed by atoms with Crippen molar-refractivity contribution in [1.82, 2.24) is 14.1 Å². The third-order valence-corrected chi connectivity index (χ3v) is 2.33. The molecule has 2 heterocycles. The fraction of sp³-hybridized carbons (Fsp3) is 0.250. The topological polar surface area (TPSA) is 39.8 Å². The van der Waals surface area contributed by atoms with Gasteiger partial charge >= 0.3 is 5.69 Å². The predicted molar refractivity (Wildman–Crippen MR) is 51.0 cm³/mol. The number of fused-ring (bicyclic) bond motifs is 1. The second kappa shape index (κ2) is 2.60. The van der Waals surface area contributed by atoms with E-state index in [0.717, 1.165) is 11.0 Å². The minimum absolute atomic E-state index is 0.0703. The van der Waals surface area contributed by atoms with E-state index in [9.17, 15) is 4.79 Å². The van der Waals surface area contributed by atoms with Crippen molar-refractivity contribution in [3.8, 4) is 0 Å². The number of aromatic nitrogens is 3. The third-order valence-electron chi connectivity index (χ3n) is 2.12. The van der Waals surface area contributed by atoms with Gasteiger partial charge in [-0.15, -0.1) is 0 Å². The number of imidazole rings is 1. The van der Waals surface area contributed by atoms with Gasteiger partial charge in [-0.25, -0.2) is 9.78 Å². The lowest BCUT2D eigenvalue weighted by Gasteiger charge is -1.93. The molecule has 0 aliphatic heterocycles. The smallest absolute Gasteiger partial charge is 0.295 e. The Morgan fingerprint density at radius 2 is 1.92 bits per heavy atom. The summed E-state index contributed by atoms with van der Waals surface area (Å²) in [6.07, 6.45) is 1.60. The zero-order valence-electron chi connectivity index (χ0n) is 7.28. The Balaban J connectivity index is 3.04. The maximum atomic E-state index is 11.5. The molecule has 5 heteroatoms. The second-order valence-electron chi connectivity index (χ2n) is 2.90. The van der Waals surface area contributed by atoms with E-state index in [2.05, 4.69) is 4.98 Å². The first-order chi connectivity index (χ1) is 6.11. The van der Waals surface area contributed by atoms with Crippen LogP contribution in [0.4, 0.5) is 0 Å². The molecular weight excluding hydrogens is 190 g/mol.